The van der Waals surface area contributed by atoms with Crippen LogP contribution in [0.1, 0.15) is 22.2 Å². The van der Waals surface area contributed by atoms with E-state index >= 15 is 0 Å². The van der Waals surface area contributed by atoms with Gasteiger partial charge in [-0.2, -0.15) is 0 Å². The molecule has 1 saturated heterocycles. The first-order valence-electron chi connectivity index (χ1n) is 7.59. The van der Waals surface area contributed by atoms with Crippen LogP contribution < -0.4 is 5.32 Å². The molecule has 1 aliphatic rings. The van der Waals surface area contributed by atoms with Gasteiger partial charge in [0.25, 0.3) is 5.91 Å². The first-order chi connectivity index (χ1) is 11.7. The van der Waals surface area contributed by atoms with E-state index in [1.54, 1.807) is 6.20 Å². The highest BCUT2D eigenvalue weighted by molar-refractivity contribution is 6.33. The maximum absolute atomic E-state index is 13.9. The Bertz CT molecular complexity index is 670. The van der Waals surface area contributed by atoms with Crippen molar-refractivity contribution < 1.29 is 18.3 Å². The van der Waals surface area contributed by atoms with E-state index in [9.17, 15) is 9.18 Å². The van der Waals surface area contributed by atoms with Crippen LogP contribution in [0.25, 0.3) is 0 Å². The molecule has 1 aromatic carbocycles. The Morgan fingerprint density at radius 3 is 2.88 bits per heavy atom. The Labute approximate surface area is 143 Å². The SMILES string of the molecule is O=C(NCC(c1cnco1)N1CCOCC1)c1c(F)cccc1Cl. The molecule has 1 atom stereocenters. The third kappa shape index (κ3) is 3.75. The van der Waals surface area contributed by atoms with Gasteiger partial charge in [0.2, 0.25) is 0 Å². The maximum Gasteiger partial charge on any atom is 0.255 e. The van der Waals surface area contributed by atoms with Crippen molar-refractivity contribution >= 4 is 17.5 Å². The molecular formula is C16H17ClFN3O3. The monoisotopic (exact) mass is 353 g/mol. The highest BCUT2D eigenvalue weighted by Crippen LogP contribution is 2.22. The van der Waals surface area contributed by atoms with Crippen molar-refractivity contribution in [1.29, 1.82) is 0 Å². The lowest BCUT2D eigenvalue weighted by molar-refractivity contribution is 0.0118. The standard InChI is InChI=1S/C16H17ClFN3O3/c17-11-2-1-3-12(18)15(11)16(22)20-8-13(14-9-19-10-24-14)21-4-6-23-7-5-21/h1-3,9-10,13H,4-8H2,(H,20,22). The van der Waals surface area contributed by atoms with Gasteiger partial charge in [-0.3, -0.25) is 9.69 Å². The van der Waals surface area contributed by atoms with E-state index in [0.717, 1.165) is 0 Å². The molecule has 1 N–H and O–H groups in total. The van der Waals surface area contributed by atoms with Crippen molar-refractivity contribution in [2.75, 3.05) is 32.8 Å². The predicted octanol–water partition coefficient (Wildman–Crippen LogP) is 2.27. The number of amides is 1. The number of carbonyl (C=O) groups is 1. The number of hydrogen-bond acceptors (Lipinski definition) is 5. The Morgan fingerprint density at radius 2 is 2.21 bits per heavy atom. The molecule has 0 spiro atoms. The van der Waals surface area contributed by atoms with Gasteiger partial charge in [0.15, 0.2) is 6.39 Å². The van der Waals surface area contributed by atoms with Crippen LogP contribution in [0.5, 0.6) is 0 Å². The first-order valence-corrected chi connectivity index (χ1v) is 7.97. The summed E-state index contributed by atoms with van der Waals surface area (Å²) in [7, 11) is 0. The smallest absolute Gasteiger partial charge is 0.255 e. The molecule has 8 heteroatoms. The van der Waals surface area contributed by atoms with Crippen molar-refractivity contribution in [3.8, 4) is 0 Å². The number of rotatable bonds is 5. The van der Waals surface area contributed by atoms with Crippen LogP contribution in [-0.2, 0) is 4.74 Å². The van der Waals surface area contributed by atoms with Crippen molar-refractivity contribution in [2.45, 2.75) is 6.04 Å². The van der Waals surface area contributed by atoms with E-state index in [2.05, 4.69) is 15.2 Å². The number of nitrogens with zero attached hydrogens (tertiary/aromatic N) is 2. The number of aromatic nitrogens is 1. The largest absolute Gasteiger partial charge is 0.447 e. The topological polar surface area (TPSA) is 67.6 Å². The molecule has 2 heterocycles. The van der Waals surface area contributed by atoms with Crippen LogP contribution in [0, 0.1) is 5.82 Å². The van der Waals surface area contributed by atoms with Gasteiger partial charge in [-0.15, -0.1) is 0 Å². The number of oxazole rings is 1. The van der Waals surface area contributed by atoms with Gasteiger partial charge in [-0.25, -0.2) is 9.37 Å². The molecule has 1 aliphatic heterocycles. The zero-order chi connectivity index (χ0) is 16.9. The number of ether oxygens (including phenoxy) is 1. The highest BCUT2D eigenvalue weighted by atomic mass is 35.5. The Morgan fingerprint density at radius 1 is 1.42 bits per heavy atom. The lowest BCUT2D eigenvalue weighted by Gasteiger charge is -2.33. The lowest BCUT2D eigenvalue weighted by atomic mass is 10.1. The zero-order valence-corrected chi connectivity index (χ0v) is 13.6. The summed E-state index contributed by atoms with van der Waals surface area (Å²) in [5, 5.41) is 2.81. The van der Waals surface area contributed by atoms with E-state index < -0.39 is 11.7 Å². The van der Waals surface area contributed by atoms with Gasteiger partial charge in [-0.05, 0) is 12.1 Å². The minimum absolute atomic E-state index is 0.0788. The molecule has 128 valence electrons. The fourth-order valence-corrected chi connectivity index (χ4v) is 2.93. The maximum atomic E-state index is 13.9. The third-order valence-corrected chi connectivity index (χ3v) is 4.23. The van der Waals surface area contributed by atoms with Gasteiger partial charge in [0, 0.05) is 19.6 Å². The molecule has 2 aromatic rings. The summed E-state index contributed by atoms with van der Waals surface area (Å²) < 4.78 is 24.6. The molecular weight excluding hydrogens is 337 g/mol. The Hall–Kier alpha value is -1.96. The van der Waals surface area contributed by atoms with Gasteiger partial charge in [0.1, 0.15) is 11.6 Å². The molecule has 0 radical (unpaired) electrons. The zero-order valence-electron chi connectivity index (χ0n) is 12.9. The first kappa shape index (κ1) is 16.9. The summed E-state index contributed by atoms with van der Waals surface area (Å²) in [6, 6.07) is 3.94. The van der Waals surface area contributed by atoms with Gasteiger partial charge in [0.05, 0.1) is 36.0 Å². The molecule has 3 rings (SSSR count). The molecule has 1 fully saturated rings. The van der Waals surface area contributed by atoms with E-state index in [1.165, 1.54) is 24.6 Å². The minimum Gasteiger partial charge on any atom is -0.447 e. The number of benzene rings is 1. The molecule has 1 unspecified atom stereocenters. The number of halogens is 2. The van der Waals surface area contributed by atoms with E-state index in [0.29, 0.717) is 32.1 Å². The summed E-state index contributed by atoms with van der Waals surface area (Å²) in [5.41, 5.74) is -0.155. The van der Waals surface area contributed by atoms with Crippen molar-refractivity contribution in [3.63, 3.8) is 0 Å². The number of nitrogens with one attached hydrogen (secondary N) is 1. The molecule has 0 bridgehead atoms. The molecule has 6 nitrogen and oxygen atoms in total. The number of morpholine rings is 1. The summed E-state index contributed by atoms with van der Waals surface area (Å²) in [6.45, 7) is 2.89. The summed E-state index contributed by atoms with van der Waals surface area (Å²) in [5.74, 6) is -0.574. The van der Waals surface area contributed by atoms with E-state index in [1.807, 2.05) is 0 Å². The normalized spacial score (nSPS) is 16.8. The molecule has 1 aromatic heterocycles. The Kier molecular flexibility index (Phi) is 5.44. The average molecular weight is 354 g/mol. The third-order valence-electron chi connectivity index (χ3n) is 3.91. The number of hydrogen-bond donors (Lipinski definition) is 1. The van der Waals surface area contributed by atoms with Crippen molar-refractivity contribution in [3.05, 3.63) is 53.0 Å². The summed E-state index contributed by atoms with van der Waals surface area (Å²) in [4.78, 5) is 18.4. The van der Waals surface area contributed by atoms with Crippen LogP contribution in [0.15, 0.2) is 35.2 Å². The number of carbonyl (C=O) groups excluding carboxylic acids is 1. The van der Waals surface area contributed by atoms with Crippen molar-refractivity contribution in [2.24, 2.45) is 0 Å². The van der Waals surface area contributed by atoms with E-state index in [-0.39, 0.29) is 23.2 Å². The molecule has 1 amide bonds. The van der Waals surface area contributed by atoms with E-state index in [4.69, 9.17) is 20.8 Å². The highest BCUT2D eigenvalue weighted by Gasteiger charge is 2.26. The second-order valence-corrected chi connectivity index (χ2v) is 5.78. The van der Waals surface area contributed by atoms with Crippen LogP contribution in [0.3, 0.4) is 0 Å². The fourth-order valence-electron chi connectivity index (χ4n) is 2.68. The molecule has 24 heavy (non-hydrogen) atoms. The molecule has 0 aliphatic carbocycles. The van der Waals surface area contributed by atoms with Crippen molar-refractivity contribution in [1.82, 2.24) is 15.2 Å². The van der Waals surface area contributed by atoms with Gasteiger partial charge in [-0.1, -0.05) is 17.7 Å². The summed E-state index contributed by atoms with van der Waals surface area (Å²) in [6.07, 6.45) is 2.96. The van der Waals surface area contributed by atoms with Crippen LogP contribution in [0.4, 0.5) is 4.39 Å². The second-order valence-electron chi connectivity index (χ2n) is 5.37. The minimum atomic E-state index is -0.650. The second kappa shape index (κ2) is 7.74. The van der Waals surface area contributed by atoms with Gasteiger partial charge >= 0.3 is 0 Å². The average Bonchev–Trinajstić information content (AvgIpc) is 3.10. The lowest BCUT2D eigenvalue weighted by Crippen LogP contribution is -2.43. The van der Waals surface area contributed by atoms with Crippen LogP contribution in [0.2, 0.25) is 5.02 Å². The fraction of sp³-hybridized carbons (Fsp3) is 0.375. The van der Waals surface area contributed by atoms with Crippen LogP contribution in [-0.4, -0.2) is 48.6 Å². The molecule has 0 saturated carbocycles. The van der Waals surface area contributed by atoms with Gasteiger partial charge < -0.3 is 14.5 Å². The van der Waals surface area contributed by atoms with Crippen LogP contribution >= 0.6 is 11.6 Å². The summed E-state index contributed by atoms with van der Waals surface area (Å²) >= 11 is 5.93. The Balaban J connectivity index is 1.72. The predicted molar refractivity (Wildman–Crippen MR) is 85.4 cm³/mol. The quantitative estimate of drug-likeness (QED) is 0.893.